The molecule has 0 aliphatic rings. The number of ether oxygens (including phenoxy) is 1. The summed E-state index contributed by atoms with van der Waals surface area (Å²) in [7, 11) is 0. The van der Waals surface area contributed by atoms with E-state index in [4.69, 9.17) is 4.74 Å². The second-order valence-electron chi connectivity index (χ2n) is 4.96. The molecule has 1 heterocycles. The van der Waals surface area contributed by atoms with Crippen molar-refractivity contribution < 1.29 is 14.1 Å². The van der Waals surface area contributed by atoms with Crippen LogP contribution in [0.25, 0.3) is 11.1 Å². The lowest BCUT2D eigenvalue weighted by Crippen LogP contribution is -2.32. The van der Waals surface area contributed by atoms with Gasteiger partial charge in [0, 0.05) is 11.6 Å². The zero-order valence-electron chi connectivity index (χ0n) is 12.7. The molecule has 2 aromatic rings. The van der Waals surface area contributed by atoms with Crippen molar-refractivity contribution in [3.63, 3.8) is 0 Å². The molecule has 1 aromatic carbocycles. The first-order valence-electron chi connectivity index (χ1n) is 7.52. The molecule has 1 aromatic heterocycles. The third kappa shape index (κ3) is 3.91. The maximum atomic E-state index is 12.3. The molecule has 0 saturated carbocycles. The van der Waals surface area contributed by atoms with Gasteiger partial charge in [0.1, 0.15) is 12.1 Å². The van der Waals surface area contributed by atoms with Gasteiger partial charge in [0.05, 0.1) is 6.61 Å². The fourth-order valence-electron chi connectivity index (χ4n) is 2.15. The number of aryl methyl sites for hydroxylation is 1. The summed E-state index contributed by atoms with van der Waals surface area (Å²) in [5, 5.41) is 0. The summed E-state index contributed by atoms with van der Waals surface area (Å²) in [6.45, 7) is 5.43. The van der Waals surface area contributed by atoms with E-state index in [-0.39, 0.29) is 5.97 Å². The Bertz CT molecular complexity index is 593. The van der Waals surface area contributed by atoms with Crippen LogP contribution < -0.4 is 4.57 Å². The molecule has 0 atom stereocenters. The van der Waals surface area contributed by atoms with Crippen molar-refractivity contribution in [2.75, 3.05) is 6.61 Å². The number of unbranched alkanes of at least 4 members (excludes halogenated alkanes) is 1. The molecular formula is C18H22NO2+. The van der Waals surface area contributed by atoms with Gasteiger partial charge >= 0.3 is 5.97 Å². The molecule has 3 nitrogen and oxygen atoms in total. The van der Waals surface area contributed by atoms with Gasteiger partial charge in [0.25, 0.3) is 0 Å². The highest BCUT2D eigenvalue weighted by Gasteiger charge is 2.18. The van der Waals surface area contributed by atoms with E-state index in [1.54, 1.807) is 0 Å². The molecular weight excluding hydrogens is 262 g/mol. The summed E-state index contributed by atoms with van der Waals surface area (Å²) >= 11 is 0. The van der Waals surface area contributed by atoms with Crippen LogP contribution in [0, 0.1) is 0 Å². The van der Waals surface area contributed by atoms with E-state index in [0.29, 0.717) is 12.2 Å². The monoisotopic (exact) mass is 284 g/mol. The minimum Gasteiger partial charge on any atom is -0.462 e. The summed E-state index contributed by atoms with van der Waals surface area (Å²) in [4.78, 5) is 12.3. The van der Waals surface area contributed by atoms with Crippen LogP contribution in [0.4, 0.5) is 0 Å². The van der Waals surface area contributed by atoms with Crippen molar-refractivity contribution in [3.8, 4) is 11.1 Å². The molecule has 0 unspecified atom stereocenters. The van der Waals surface area contributed by atoms with Crippen LogP contribution >= 0.6 is 0 Å². The average molecular weight is 284 g/mol. The number of carbonyl (C=O) groups is 1. The van der Waals surface area contributed by atoms with Crippen molar-refractivity contribution in [2.45, 2.75) is 33.2 Å². The minimum absolute atomic E-state index is 0.245. The Kier molecular flexibility index (Phi) is 5.50. The fourth-order valence-corrected chi connectivity index (χ4v) is 2.15. The van der Waals surface area contributed by atoms with Crippen molar-refractivity contribution in [2.24, 2.45) is 0 Å². The van der Waals surface area contributed by atoms with Crippen LogP contribution in [0.2, 0.25) is 0 Å². The second kappa shape index (κ2) is 7.58. The molecule has 0 aliphatic carbocycles. The Morgan fingerprint density at radius 2 is 1.90 bits per heavy atom. The topological polar surface area (TPSA) is 30.2 Å². The molecule has 0 spiro atoms. The second-order valence-corrected chi connectivity index (χ2v) is 4.96. The number of pyridine rings is 1. The summed E-state index contributed by atoms with van der Waals surface area (Å²) in [5.74, 6) is -0.245. The van der Waals surface area contributed by atoms with Crippen LogP contribution in [-0.4, -0.2) is 12.6 Å². The standard InChI is InChI=1S/C18H22NO2/c1-3-5-13-21-18(20)17-14-19(4-2)12-11-16(17)15-9-7-6-8-10-15/h6-12,14H,3-5,13H2,1-2H3/q+1. The quantitative estimate of drug-likeness (QED) is 0.461. The molecule has 110 valence electrons. The Labute approximate surface area is 126 Å². The maximum absolute atomic E-state index is 12.3. The van der Waals surface area contributed by atoms with Crippen LogP contribution in [0.5, 0.6) is 0 Å². The van der Waals surface area contributed by atoms with Crippen LogP contribution in [0.1, 0.15) is 37.0 Å². The summed E-state index contributed by atoms with van der Waals surface area (Å²) in [5.41, 5.74) is 2.58. The van der Waals surface area contributed by atoms with Gasteiger partial charge in [-0.1, -0.05) is 43.7 Å². The predicted octanol–water partition coefficient (Wildman–Crippen LogP) is 3.62. The summed E-state index contributed by atoms with van der Waals surface area (Å²) < 4.78 is 7.37. The molecule has 0 saturated heterocycles. The average Bonchev–Trinajstić information content (AvgIpc) is 2.55. The lowest BCUT2D eigenvalue weighted by molar-refractivity contribution is -0.693. The Balaban J connectivity index is 2.34. The highest BCUT2D eigenvalue weighted by Crippen LogP contribution is 2.22. The largest absolute Gasteiger partial charge is 0.462 e. The first kappa shape index (κ1) is 15.2. The van der Waals surface area contributed by atoms with E-state index < -0.39 is 0 Å². The number of benzene rings is 1. The van der Waals surface area contributed by atoms with Crippen LogP contribution in [0.15, 0.2) is 48.8 Å². The van der Waals surface area contributed by atoms with E-state index in [9.17, 15) is 4.79 Å². The zero-order chi connectivity index (χ0) is 15.1. The minimum atomic E-state index is -0.245. The smallest absolute Gasteiger partial charge is 0.344 e. The Morgan fingerprint density at radius 3 is 2.57 bits per heavy atom. The summed E-state index contributed by atoms with van der Waals surface area (Å²) in [6.07, 6.45) is 5.78. The van der Waals surface area contributed by atoms with Gasteiger partial charge < -0.3 is 4.74 Å². The molecule has 0 radical (unpaired) electrons. The molecule has 2 rings (SSSR count). The number of nitrogens with zero attached hydrogens (tertiary/aromatic N) is 1. The van der Waals surface area contributed by atoms with Gasteiger partial charge in [0.15, 0.2) is 12.4 Å². The predicted molar refractivity (Wildman–Crippen MR) is 82.9 cm³/mol. The molecule has 0 bridgehead atoms. The van der Waals surface area contributed by atoms with Crippen molar-refractivity contribution in [1.82, 2.24) is 0 Å². The third-order valence-electron chi connectivity index (χ3n) is 3.42. The van der Waals surface area contributed by atoms with Crippen LogP contribution in [0.3, 0.4) is 0 Å². The lowest BCUT2D eigenvalue weighted by Gasteiger charge is -2.08. The molecule has 0 amide bonds. The van der Waals surface area contributed by atoms with Gasteiger partial charge in [-0.2, -0.15) is 0 Å². The first-order chi connectivity index (χ1) is 10.3. The molecule has 0 N–H and O–H groups in total. The van der Waals surface area contributed by atoms with E-state index >= 15 is 0 Å². The molecule has 3 heteroatoms. The van der Waals surface area contributed by atoms with Crippen molar-refractivity contribution >= 4 is 5.97 Å². The Hall–Kier alpha value is -2.16. The van der Waals surface area contributed by atoms with Crippen LogP contribution in [-0.2, 0) is 11.3 Å². The lowest BCUT2D eigenvalue weighted by atomic mass is 10.0. The summed E-state index contributed by atoms with van der Waals surface area (Å²) in [6, 6.07) is 11.9. The van der Waals surface area contributed by atoms with Gasteiger partial charge in [-0.25, -0.2) is 9.36 Å². The Morgan fingerprint density at radius 1 is 1.14 bits per heavy atom. The van der Waals surface area contributed by atoms with E-state index in [1.807, 2.05) is 60.3 Å². The number of rotatable bonds is 6. The maximum Gasteiger partial charge on any atom is 0.344 e. The van der Waals surface area contributed by atoms with Gasteiger partial charge in [-0.3, -0.25) is 0 Å². The fraction of sp³-hybridized carbons (Fsp3) is 0.333. The van der Waals surface area contributed by atoms with Gasteiger partial charge in [-0.15, -0.1) is 0 Å². The number of esters is 1. The SMILES string of the molecule is CCCCOC(=O)c1c[n+](CC)ccc1-c1ccccc1. The molecule has 0 aliphatic heterocycles. The van der Waals surface area contributed by atoms with E-state index in [2.05, 4.69) is 6.92 Å². The first-order valence-corrected chi connectivity index (χ1v) is 7.52. The van der Waals surface area contributed by atoms with E-state index in [1.165, 1.54) is 0 Å². The third-order valence-corrected chi connectivity index (χ3v) is 3.42. The van der Waals surface area contributed by atoms with E-state index in [0.717, 1.165) is 30.5 Å². The van der Waals surface area contributed by atoms with Crippen molar-refractivity contribution in [1.29, 1.82) is 0 Å². The number of aromatic nitrogens is 1. The van der Waals surface area contributed by atoms with Crippen molar-refractivity contribution in [3.05, 3.63) is 54.4 Å². The highest BCUT2D eigenvalue weighted by molar-refractivity contribution is 5.96. The molecule has 0 fully saturated rings. The van der Waals surface area contributed by atoms with Gasteiger partial charge in [0.2, 0.25) is 0 Å². The molecule has 21 heavy (non-hydrogen) atoms. The highest BCUT2D eigenvalue weighted by atomic mass is 16.5. The normalized spacial score (nSPS) is 10.4. The number of carbonyl (C=O) groups excluding carboxylic acids is 1. The zero-order valence-corrected chi connectivity index (χ0v) is 12.7. The number of hydrogen-bond donors (Lipinski definition) is 0. The number of hydrogen-bond acceptors (Lipinski definition) is 2. The van der Waals surface area contributed by atoms with Gasteiger partial charge in [-0.05, 0) is 18.9 Å².